The first-order valence-electron chi connectivity index (χ1n) is 7.41. The SMILES string of the molecule is CC1(C)C(=O)Nc2cc(NC(=O)CCCCCN)ccc21. The first-order chi connectivity index (χ1) is 9.95. The number of rotatable bonds is 6. The summed E-state index contributed by atoms with van der Waals surface area (Å²) in [6, 6.07) is 5.57. The van der Waals surface area contributed by atoms with Crippen LogP contribution in [0.2, 0.25) is 0 Å². The van der Waals surface area contributed by atoms with Crippen molar-refractivity contribution >= 4 is 23.2 Å². The van der Waals surface area contributed by atoms with Crippen LogP contribution < -0.4 is 16.4 Å². The Morgan fingerprint density at radius 1 is 1.29 bits per heavy atom. The van der Waals surface area contributed by atoms with Crippen LogP contribution in [0.25, 0.3) is 0 Å². The van der Waals surface area contributed by atoms with Crippen molar-refractivity contribution in [2.75, 3.05) is 17.2 Å². The van der Waals surface area contributed by atoms with E-state index in [-0.39, 0.29) is 11.8 Å². The molecule has 114 valence electrons. The summed E-state index contributed by atoms with van der Waals surface area (Å²) in [5, 5.41) is 5.73. The number of carbonyl (C=O) groups excluding carboxylic acids is 2. The molecule has 0 spiro atoms. The van der Waals surface area contributed by atoms with Crippen LogP contribution in [0.3, 0.4) is 0 Å². The molecule has 2 rings (SSSR count). The van der Waals surface area contributed by atoms with Gasteiger partial charge in [0.15, 0.2) is 0 Å². The molecule has 0 fully saturated rings. The minimum absolute atomic E-state index is 0.00412. The van der Waals surface area contributed by atoms with Crippen LogP contribution in [-0.2, 0) is 15.0 Å². The zero-order valence-electron chi connectivity index (χ0n) is 12.7. The third-order valence-corrected chi connectivity index (χ3v) is 3.90. The molecular weight excluding hydrogens is 266 g/mol. The Morgan fingerprint density at radius 3 is 2.76 bits per heavy atom. The van der Waals surface area contributed by atoms with Crippen molar-refractivity contribution in [3.05, 3.63) is 23.8 Å². The number of carbonyl (C=O) groups is 2. The number of unbranched alkanes of at least 4 members (excludes halogenated alkanes) is 2. The van der Waals surface area contributed by atoms with Crippen LogP contribution in [0.4, 0.5) is 11.4 Å². The zero-order valence-corrected chi connectivity index (χ0v) is 12.7. The summed E-state index contributed by atoms with van der Waals surface area (Å²) in [7, 11) is 0. The van der Waals surface area contributed by atoms with Gasteiger partial charge in [-0.3, -0.25) is 9.59 Å². The molecule has 0 atom stereocenters. The molecule has 0 aliphatic carbocycles. The number of nitrogens with one attached hydrogen (secondary N) is 2. The number of hydrogen-bond donors (Lipinski definition) is 3. The lowest BCUT2D eigenvalue weighted by molar-refractivity contribution is -0.119. The molecule has 0 saturated heterocycles. The molecule has 5 nitrogen and oxygen atoms in total. The van der Waals surface area contributed by atoms with E-state index in [0.717, 1.165) is 36.2 Å². The predicted octanol–water partition coefficient (Wildman–Crippen LogP) is 2.37. The number of nitrogens with two attached hydrogens (primary N) is 1. The van der Waals surface area contributed by atoms with E-state index in [1.807, 2.05) is 32.0 Å². The van der Waals surface area contributed by atoms with E-state index in [0.29, 0.717) is 13.0 Å². The van der Waals surface area contributed by atoms with Gasteiger partial charge in [-0.1, -0.05) is 12.5 Å². The maximum Gasteiger partial charge on any atom is 0.234 e. The fourth-order valence-electron chi connectivity index (χ4n) is 2.50. The number of anilines is 2. The van der Waals surface area contributed by atoms with Crippen molar-refractivity contribution in [3.8, 4) is 0 Å². The van der Waals surface area contributed by atoms with Crippen LogP contribution >= 0.6 is 0 Å². The van der Waals surface area contributed by atoms with Gasteiger partial charge in [-0.2, -0.15) is 0 Å². The molecule has 0 aromatic heterocycles. The monoisotopic (exact) mass is 289 g/mol. The second-order valence-corrected chi connectivity index (χ2v) is 5.99. The molecule has 1 aromatic carbocycles. The first kappa shape index (κ1) is 15.5. The van der Waals surface area contributed by atoms with E-state index in [9.17, 15) is 9.59 Å². The van der Waals surface area contributed by atoms with Crippen molar-refractivity contribution in [1.82, 2.24) is 0 Å². The molecule has 1 aromatic rings. The molecule has 0 unspecified atom stereocenters. The lowest BCUT2D eigenvalue weighted by Gasteiger charge is -2.15. The smallest absolute Gasteiger partial charge is 0.234 e. The molecule has 4 N–H and O–H groups in total. The van der Waals surface area contributed by atoms with Crippen molar-refractivity contribution in [2.45, 2.75) is 44.9 Å². The lowest BCUT2D eigenvalue weighted by Crippen LogP contribution is -2.26. The largest absolute Gasteiger partial charge is 0.330 e. The molecule has 1 heterocycles. The highest BCUT2D eigenvalue weighted by Crippen LogP contribution is 2.38. The van der Waals surface area contributed by atoms with Gasteiger partial charge in [-0.05, 0) is 50.9 Å². The Balaban J connectivity index is 1.96. The van der Waals surface area contributed by atoms with E-state index < -0.39 is 5.41 Å². The Hall–Kier alpha value is -1.88. The van der Waals surface area contributed by atoms with Gasteiger partial charge in [0.1, 0.15) is 0 Å². The van der Waals surface area contributed by atoms with Crippen molar-refractivity contribution in [2.24, 2.45) is 5.73 Å². The summed E-state index contributed by atoms with van der Waals surface area (Å²) in [5.74, 6) is -0.0154. The van der Waals surface area contributed by atoms with E-state index >= 15 is 0 Å². The van der Waals surface area contributed by atoms with Crippen LogP contribution in [-0.4, -0.2) is 18.4 Å². The van der Waals surface area contributed by atoms with Gasteiger partial charge in [0.25, 0.3) is 0 Å². The van der Waals surface area contributed by atoms with Crippen LogP contribution in [0.15, 0.2) is 18.2 Å². The van der Waals surface area contributed by atoms with Crippen LogP contribution in [0, 0.1) is 0 Å². The normalized spacial score (nSPS) is 15.5. The van der Waals surface area contributed by atoms with Gasteiger partial charge in [0, 0.05) is 17.8 Å². The molecule has 0 bridgehead atoms. The fourth-order valence-corrected chi connectivity index (χ4v) is 2.50. The molecule has 0 saturated carbocycles. The quantitative estimate of drug-likeness (QED) is 0.703. The Morgan fingerprint density at radius 2 is 2.05 bits per heavy atom. The Bertz CT molecular complexity index is 552. The second kappa shape index (κ2) is 6.26. The van der Waals surface area contributed by atoms with Crippen molar-refractivity contribution in [1.29, 1.82) is 0 Å². The minimum atomic E-state index is -0.514. The van der Waals surface area contributed by atoms with Gasteiger partial charge in [-0.25, -0.2) is 0 Å². The number of benzene rings is 1. The molecule has 2 amide bonds. The summed E-state index contributed by atoms with van der Waals surface area (Å²) in [6.07, 6.45) is 3.26. The Kier molecular flexibility index (Phi) is 4.63. The van der Waals surface area contributed by atoms with E-state index in [4.69, 9.17) is 5.73 Å². The third-order valence-electron chi connectivity index (χ3n) is 3.90. The summed E-state index contributed by atoms with van der Waals surface area (Å²) < 4.78 is 0. The molecule has 1 aliphatic heterocycles. The maximum absolute atomic E-state index is 11.9. The first-order valence-corrected chi connectivity index (χ1v) is 7.41. The highest BCUT2D eigenvalue weighted by molar-refractivity contribution is 6.06. The van der Waals surface area contributed by atoms with E-state index in [1.165, 1.54) is 0 Å². The number of fused-ring (bicyclic) bond motifs is 1. The average Bonchev–Trinajstić information content (AvgIpc) is 2.65. The highest BCUT2D eigenvalue weighted by atomic mass is 16.2. The summed E-state index contributed by atoms with van der Waals surface area (Å²) >= 11 is 0. The Labute approximate surface area is 125 Å². The van der Waals surface area contributed by atoms with Gasteiger partial charge in [0.05, 0.1) is 5.41 Å². The molecule has 1 aliphatic rings. The van der Waals surface area contributed by atoms with Crippen molar-refractivity contribution in [3.63, 3.8) is 0 Å². The predicted molar refractivity (Wildman–Crippen MR) is 84.2 cm³/mol. The summed E-state index contributed by atoms with van der Waals surface area (Å²) in [4.78, 5) is 23.7. The van der Waals surface area contributed by atoms with E-state index in [2.05, 4.69) is 10.6 Å². The van der Waals surface area contributed by atoms with Crippen molar-refractivity contribution < 1.29 is 9.59 Å². The average molecular weight is 289 g/mol. The summed E-state index contributed by atoms with van der Waals surface area (Å²) in [6.45, 7) is 4.45. The second-order valence-electron chi connectivity index (χ2n) is 5.99. The zero-order chi connectivity index (χ0) is 15.5. The molecular formula is C16H23N3O2. The van der Waals surface area contributed by atoms with Gasteiger partial charge in [0.2, 0.25) is 11.8 Å². The molecule has 5 heteroatoms. The fraction of sp³-hybridized carbons (Fsp3) is 0.500. The van der Waals surface area contributed by atoms with E-state index in [1.54, 1.807) is 0 Å². The number of hydrogen-bond acceptors (Lipinski definition) is 3. The van der Waals surface area contributed by atoms with Gasteiger partial charge >= 0.3 is 0 Å². The topological polar surface area (TPSA) is 84.2 Å². The van der Waals surface area contributed by atoms with Gasteiger partial charge in [-0.15, -0.1) is 0 Å². The van der Waals surface area contributed by atoms with Gasteiger partial charge < -0.3 is 16.4 Å². The highest BCUT2D eigenvalue weighted by Gasteiger charge is 2.38. The molecule has 21 heavy (non-hydrogen) atoms. The maximum atomic E-state index is 11.9. The number of amides is 2. The van der Waals surface area contributed by atoms with Crippen LogP contribution in [0.1, 0.15) is 45.1 Å². The third kappa shape index (κ3) is 3.42. The minimum Gasteiger partial charge on any atom is -0.330 e. The lowest BCUT2D eigenvalue weighted by atomic mass is 9.86. The standard InChI is InChI=1S/C16H23N3O2/c1-16(2)12-8-7-11(10-13(12)19-15(16)21)18-14(20)6-4-3-5-9-17/h7-8,10H,3-6,9,17H2,1-2H3,(H,18,20)(H,19,21). The van der Waals surface area contributed by atoms with Crippen LogP contribution in [0.5, 0.6) is 0 Å². The summed E-state index contributed by atoms with van der Waals surface area (Å²) in [5.41, 5.74) is 7.37. The molecule has 0 radical (unpaired) electrons.